The number of nitrogens with one attached hydrogen (secondary N) is 1. The Hall–Kier alpha value is -1.02. The topological polar surface area (TPSA) is 32.3 Å². The molecule has 0 saturated heterocycles. The molecule has 0 saturated carbocycles. The first-order valence-corrected chi connectivity index (χ1v) is 4.61. The molecule has 1 atom stereocenters. The van der Waals surface area contributed by atoms with Crippen molar-refractivity contribution in [3.05, 3.63) is 29.3 Å². The Labute approximate surface area is 78.6 Å². The molecule has 2 nitrogen and oxygen atoms in total. The van der Waals surface area contributed by atoms with E-state index in [4.69, 9.17) is 0 Å². The van der Waals surface area contributed by atoms with Crippen LogP contribution in [0, 0.1) is 6.92 Å². The molecule has 0 aromatic heterocycles. The average molecular weight is 177 g/mol. The second-order valence-corrected chi connectivity index (χ2v) is 4.12. The molecule has 0 unspecified atom stereocenters. The molecule has 2 N–H and O–H groups in total. The van der Waals surface area contributed by atoms with Crippen LogP contribution in [0.5, 0.6) is 0 Å². The van der Waals surface area contributed by atoms with Gasteiger partial charge in [-0.05, 0) is 18.6 Å². The molecule has 1 aliphatic heterocycles. The van der Waals surface area contributed by atoms with Crippen molar-refractivity contribution < 1.29 is 5.11 Å². The standard InChI is InChI=1S/C11H15NO/c1-8-3-4-10-9(5-8)11(2,7-13)6-12-10/h3-5,12-13H,6-7H2,1-2H3/t11-/m0/s1. The number of hydrogen-bond acceptors (Lipinski definition) is 2. The number of hydrogen-bond donors (Lipinski definition) is 2. The quantitative estimate of drug-likeness (QED) is 0.684. The lowest BCUT2D eigenvalue weighted by atomic mass is 9.85. The van der Waals surface area contributed by atoms with E-state index in [9.17, 15) is 5.11 Å². The van der Waals surface area contributed by atoms with Crippen LogP contribution in [0.25, 0.3) is 0 Å². The Bertz CT molecular complexity index is 335. The van der Waals surface area contributed by atoms with Crippen molar-refractivity contribution in [2.75, 3.05) is 18.5 Å². The van der Waals surface area contributed by atoms with E-state index in [0.717, 1.165) is 6.54 Å². The number of anilines is 1. The Morgan fingerprint density at radius 2 is 2.31 bits per heavy atom. The summed E-state index contributed by atoms with van der Waals surface area (Å²) < 4.78 is 0. The van der Waals surface area contributed by atoms with Crippen LogP contribution in [0.15, 0.2) is 18.2 Å². The van der Waals surface area contributed by atoms with E-state index in [1.165, 1.54) is 16.8 Å². The highest BCUT2D eigenvalue weighted by molar-refractivity contribution is 5.61. The summed E-state index contributed by atoms with van der Waals surface area (Å²) in [6.07, 6.45) is 0. The molecule has 1 aromatic carbocycles. The summed E-state index contributed by atoms with van der Waals surface area (Å²) in [5, 5.41) is 12.6. The zero-order valence-corrected chi connectivity index (χ0v) is 8.09. The van der Waals surface area contributed by atoms with Gasteiger partial charge in [0.05, 0.1) is 6.61 Å². The SMILES string of the molecule is Cc1ccc2c(c1)[C@](C)(CO)CN2. The van der Waals surface area contributed by atoms with Gasteiger partial charge in [-0.25, -0.2) is 0 Å². The van der Waals surface area contributed by atoms with Crippen LogP contribution in [0.2, 0.25) is 0 Å². The normalized spacial score (nSPS) is 25.5. The van der Waals surface area contributed by atoms with E-state index in [2.05, 4.69) is 37.4 Å². The van der Waals surface area contributed by atoms with E-state index in [0.29, 0.717) is 0 Å². The molecule has 0 aliphatic carbocycles. The van der Waals surface area contributed by atoms with E-state index in [1.54, 1.807) is 0 Å². The molecule has 0 radical (unpaired) electrons. The van der Waals surface area contributed by atoms with Crippen molar-refractivity contribution in [2.45, 2.75) is 19.3 Å². The molecular weight excluding hydrogens is 162 g/mol. The van der Waals surface area contributed by atoms with Gasteiger partial charge in [0.2, 0.25) is 0 Å². The Balaban J connectivity index is 2.52. The highest BCUT2D eigenvalue weighted by Gasteiger charge is 2.33. The zero-order valence-electron chi connectivity index (χ0n) is 8.09. The third-order valence-corrected chi connectivity index (χ3v) is 2.84. The average Bonchev–Trinajstić information content (AvgIpc) is 2.45. The monoisotopic (exact) mass is 177 g/mol. The number of aliphatic hydroxyl groups excluding tert-OH is 1. The van der Waals surface area contributed by atoms with Gasteiger partial charge in [-0.3, -0.25) is 0 Å². The third-order valence-electron chi connectivity index (χ3n) is 2.84. The van der Waals surface area contributed by atoms with Gasteiger partial charge >= 0.3 is 0 Å². The number of aryl methyl sites for hydroxylation is 1. The lowest BCUT2D eigenvalue weighted by Gasteiger charge is -2.20. The van der Waals surface area contributed by atoms with Crippen molar-refractivity contribution in [1.82, 2.24) is 0 Å². The van der Waals surface area contributed by atoms with Crippen molar-refractivity contribution in [2.24, 2.45) is 0 Å². The first kappa shape index (κ1) is 8.57. The van der Waals surface area contributed by atoms with Crippen LogP contribution in [-0.2, 0) is 5.41 Å². The van der Waals surface area contributed by atoms with E-state index in [1.807, 2.05) is 0 Å². The summed E-state index contributed by atoms with van der Waals surface area (Å²) in [5.41, 5.74) is 3.57. The predicted octanol–water partition coefficient (Wildman–Crippen LogP) is 1.67. The fraction of sp³-hybridized carbons (Fsp3) is 0.455. The molecule has 1 aliphatic rings. The number of fused-ring (bicyclic) bond motifs is 1. The summed E-state index contributed by atoms with van der Waals surface area (Å²) >= 11 is 0. The van der Waals surface area contributed by atoms with Crippen LogP contribution in [-0.4, -0.2) is 18.3 Å². The molecule has 0 amide bonds. The second-order valence-electron chi connectivity index (χ2n) is 4.12. The third kappa shape index (κ3) is 1.22. The van der Waals surface area contributed by atoms with Gasteiger partial charge in [-0.15, -0.1) is 0 Å². The van der Waals surface area contributed by atoms with Gasteiger partial charge in [0.1, 0.15) is 0 Å². The molecular formula is C11H15NO. The van der Waals surface area contributed by atoms with Crippen LogP contribution >= 0.6 is 0 Å². The van der Waals surface area contributed by atoms with Crippen molar-refractivity contribution in [1.29, 1.82) is 0 Å². The van der Waals surface area contributed by atoms with E-state index < -0.39 is 0 Å². The van der Waals surface area contributed by atoms with Crippen LogP contribution in [0.3, 0.4) is 0 Å². The molecule has 0 bridgehead atoms. The fourth-order valence-corrected chi connectivity index (χ4v) is 1.84. The predicted molar refractivity (Wildman–Crippen MR) is 54.1 cm³/mol. The van der Waals surface area contributed by atoms with Gasteiger partial charge < -0.3 is 10.4 Å². The minimum absolute atomic E-state index is 0.0959. The Morgan fingerprint density at radius 1 is 1.54 bits per heavy atom. The summed E-state index contributed by atoms with van der Waals surface area (Å²) in [4.78, 5) is 0. The highest BCUT2D eigenvalue weighted by atomic mass is 16.3. The second kappa shape index (κ2) is 2.74. The van der Waals surface area contributed by atoms with E-state index >= 15 is 0 Å². The summed E-state index contributed by atoms with van der Waals surface area (Å²) in [5.74, 6) is 0. The smallest absolute Gasteiger partial charge is 0.0543 e. The zero-order chi connectivity index (χ0) is 9.47. The minimum atomic E-state index is -0.0959. The summed E-state index contributed by atoms with van der Waals surface area (Å²) in [6, 6.07) is 6.34. The number of rotatable bonds is 1. The summed E-state index contributed by atoms with van der Waals surface area (Å²) in [6.45, 7) is 5.21. The molecule has 1 heterocycles. The van der Waals surface area contributed by atoms with Gasteiger partial charge in [-0.1, -0.05) is 24.6 Å². The van der Waals surface area contributed by atoms with Crippen LogP contribution in [0.1, 0.15) is 18.1 Å². The van der Waals surface area contributed by atoms with Crippen molar-refractivity contribution >= 4 is 5.69 Å². The largest absolute Gasteiger partial charge is 0.395 e. The van der Waals surface area contributed by atoms with Crippen LogP contribution in [0.4, 0.5) is 5.69 Å². The lowest BCUT2D eigenvalue weighted by molar-refractivity contribution is 0.218. The first-order valence-electron chi connectivity index (χ1n) is 4.61. The molecule has 2 heteroatoms. The summed E-state index contributed by atoms with van der Waals surface area (Å²) in [7, 11) is 0. The maximum Gasteiger partial charge on any atom is 0.0543 e. The van der Waals surface area contributed by atoms with Crippen LogP contribution < -0.4 is 5.32 Å². The Morgan fingerprint density at radius 3 is 3.00 bits per heavy atom. The maximum absolute atomic E-state index is 9.32. The van der Waals surface area contributed by atoms with Gasteiger partial charge in [0, 0.05) is 17.6 Å². The molecule has 0 fully saturated rings. The van der Waals surface area contributed by atoms with Gasteiger partial charge in [0.25, 0.3) is 0 Å². The molecule has 1 aromatic rings. The molecule has 0 spiro atoms. The number of benzene rings is 1. The molecule has 2 rings (SSSR count). The minimum Gasteiger partial charge on any atom is -0.395 e. The Kier molecular flexibility index (Phi) is 1.81. The van der Waals surface area contributed by atoms with Gasteiger partial charge in [-0.2, -0.15) is 0 Å². The highest BCUT2D eigenvalue weighted by Crippen LogP contribution is 2.36. The van der Waals surface area contributed by atoms with Gasteiger partial charge in [0.15, 0.2) is 0 Å². The first-order chi connectivity index (χ1) is 6.15. The maximum atomic E-state index is 9.32. The van der Waals surface area contributed by atoms with E-state index in [-0.39, 0.29) is 12.0 Å². The number of aliphatic hydroxyl groups is 1. The van der Waals surface area contributed by atoms with Crippen molar-refractivity contribution in [3.8, 4) is 0 Å². The lowest BCUT2D eigenvalue weighted by Crippen LogP contribution is -2.28. The molecule has 70 valence electrons. The van der Waals surface area contributed by atoms with Crippen molar-refractivity contribution in [3.63, 3.8) is 0 Å². The fourth-order valence-electron chi connectivity index (χ4n) is 1.84. The molecule has 13 heavy (non-hydrogen) atoms.